The van der Waals surface area contributed by atoms with Crippen molar-refractivity contribution in [3.05, 3.63) is 23.3 Å². The maximum Gasteiger partial charge on any atom is 0.133 e. The van der Waals surface area contributed by atoms with Crippen LogP contribution in [-0.2, 0) is 33.3 Å². The maximum absolute atomic E-state index is 2.75. The molecule has 2 aliphatic rings. The van der Waals surface area contributed by atoms with Crippen LogP contribution in [-0.4, -0.2) is 39.2 Å². The quantitative estimate of drug-likeness (QED) is 0.462. The number of benzene rings is 1. The van der Waals surface area contributed by atoms with Crippen molar-refractivity contribution in [3.8, 4) is 0 Å². The highest BCUT2D eigenvalue weighted by Gasteiger charge is 2.33. The van der Waals surface area contributed by atoms with Crippen LogP contribution in [0, 0.1) is 0 Å². The highest BCUT2D eigenvalue weighted by Crippen LogP contribution is 2.23. The van der Waals surface area contributed by atoms with Gasteiger partial charge in [0, 0.05) is 11.1 Å². The van der Waals surface area contributed by atoms with E-state index in [1.54, 1.807) is 21.5 Å². The van der Waals surface area contributed by atoms with Crippen LogP contribution in [0.25, 0.3) is 0 Å². The molecule has 0 unspecified atom stereocenters. The molecule has 3 rings (SSSR count). The first-order valence-corrected chi connectivity index (χ1v) is 21.1. The van der Waals surface area contributed by atoms with Gasteiger partial charge in [0.15, 0.2) is 0 Å². The molecule has 4 heteroatoms. The molecule has 0 spiro atoms. The lowest BCUT2D eigenvalue weighted by Crippen LogP contribution is -2.47. The molecule has 0 bridgehead atoms. The van der Waals surface area contributed by atoms with Crippen molar-refractivity contribution in [3.63, 3.8) is 0 Å². The topological polar surface area (TPSA) is 0 Å². The predicted molar refractivity (Wildman–Crippen MR) is 132 cm³/mol. The van der Waals surface area contributed by atoms with Crippen molar-refractivity contribution in [1.82, 2.24) is 0 Å². The Morgan fingerprint density at radius 1 is 0.615 bits per heavy atom. The van der Waals surface area contributed by atoms with Crippen LogP contribution in [0.3, 0.4) is 0 Å². The summed E-state index contributed by atoms with van der Waals surface area (Å²) in [6.07, 6.45) is 5.92. The van der Waals surface area contributed by atoms with Gasteiger partial charge in [-0.2, -0.15) is 0 Å². The average Bonchev–Trinajstić information content (AvgIpc) is 3.19. The van der Waals surface area contributed by atoms with Crippen molar-refractivity contribution in [2.24, 2.45) is 0 Å². The van der Waals surface area contributed by atoms with E-state index in [1.165, 1.54) is 60.2 Å². The first kappa shape index (κ1) is 21.1. The molecule has 0 amide bonds. The van der Waals surface area contributed by atoms with Gasteiger partial charge < -0.3 is 0 Å². The normalized spacial score (nSPS) is 20.2. The van der Waals surface area contributed by atoms with Gasteiger partial charge in [-0.25, -0.2) is 0 Å². The van der Waals surface area contributed by atoms with Gasteiger partial charge in [-0.05, 0) is 47.5 Å². The molecule has 0 N–H and O–H groups in total. The van der Waals surface area contributed by atoms with Crippen LogP contribution >= 0.6 is 0 Å². The summed E-state index contributed by atoms with van der Waals surface area (Å²) in [5.41, 5.74) is 3.54. The molecule has 0 atom stereocenters. The molecule has 0 radical (unpaired) electrons. The Bertz CT molecular complexity index is 561. The van der Waals surface area contributed by atoms with Crippen molar-refractivity contribution in [2.45, 2.75) is 76.5 Å². The number of rotatable bonds is 6. The van der Waals surface area contributed by atoms with E-state index < -0.39 is 16.1 Å². The smallest absolute Gasteiger partial charge is 0.0656 e. The van der Waals surface area contributed by atoms with Gasteiger partial charge in [-0.1, -0.05) is 61.8 Å². The Morgan fingerprint density at radius 2 is 0.923 bits per heavy atom. The molecule has 146 valence electrons. The third kappa shape index (κ3) is 5.24. The lowest BCUT2D eigenvalue weighted by molar-refractivity contribution is 0.949. The molecule has 0 nitrogen and oxygen atoms in total. The molecule has 2 fully saturated rings. The van der Waals surface area contributed by atoms with E-state index in [4.69, 9.17) is 0 Å². The zero-order valence-corrected chi connectivity index (χ0v) is 21.7. The third-order valence-corrected chi connectivity index (χ3v) is 15.0. The molecule has 2 saturated heterocycles. The first-order chi connectivity index (χ1) is 12.1. The second-order valence-electron chi connectivity index (χ2n) is 10.4. The monoisotopic (exact) mass is 424 g/mol. The van der Waals surface area contributed by atoms with Crippen LogP contribution in [0.1, 0.15) is 36.8 Å². The van der Waals surface area contributed by atoms with Crippen LogP contribution in [0.4, 0.5) is 0 Å². The lowest BCUT2D eigenvalue weighted by atomic mass is 10.1. The molecule has 1 aromatic carbocycles. The standard InChI is InChI=1S/C22H40S2Si2/c1-25(2,3)21-15-20(18-24-13-9-10-14-24)22(26(4,5)6)16-19(21)17-23-11-7-8-12-23/h15-16H,7-14,17-18H2,1-6H3/q+2. The van der Waals surface area contributed by atoms with Gasteiger partial charge in [0.25, 0.3) is 0 Å². The summed E-state index contributed by atoms with van der Waals surface area (Å²) < 4.78 is 0. The summed E-state index contributed by atoms with van der Waals surface area (Å²) in [5, 5.41) is 3.60. The fourth-order valence-electron chi connectivity index (χ4n) is 4.48. The minimum Gasteiger partial charge on any atom is -0.0656 e. The van der Waals surface area contributed by atoms with Crippen LogP contribution in [0.15, 0.2) is 12.1 Å². The van der Waals surface area contributed by atoms with Gasteiger partial charge in [0.2, 0.25) is 0 Å². The number of hydrogen-bond acceptors (Lipinski definition) is 0. The number of hydrogen-bond donors (Lipinski definition) is 0. The van der Waals surface area contributed by atoms with E-state index >= 15 is 0 Å². The predicted octanol–water partition coefficient (Wildman–Crippen LogP) is 4.60. The zero-order valence-electron chi connectivity index (χ0n) is 18.0. The Balaban J connectivity index is 2.01. The van der Waals surface area contributed by atoms with E-state index in [2.05, 4.69) is 51.4 Å². The summed E-state index contributed by atoms with van der Waals surface area (Å²) in [5.74, 6) is 8.78. The molecule has 1 aromatic rings. The van der Waals surface area contributed by atoms with Gasteiger partial charge in [0.05, 0.1) is 16.1 Å². The molecule has 0 aliphatic carbocycles. The highest BCUT2D eigenvalue weighted by molar-refractivity contribution is 7.96. The Morgan fingerprint density at radius 3 is 1.19 bits per heavy atom. The van der Waals surface area contributed by atoms with Crippen LogP contribution in [0.2, 0.25) is 39.3 Å². The molecule has 2 heterocycles. The molecular formula is C22H40S2Si2+2. The first-order valence-electron chi connectivity index (χ1n) is 10.6. The lowest BCUT2D eigenvalue weighted by Gasteiger charge is -2.27. The fraction of sp³-hybridized carbons (Fsp3) is 0.727. The van der Waals surface area contributed by atoms with Gasteiger partial charge in [-0.3, -0.25) is 0 Å². The Kier molecular flexibility index (Phi) is 6.79. The van der Waals surface area contributed by atoms with E-state index in [0.29, 0.717) is 21.8 Å². The van der Waals surface area contributed by atoms with E-state index in [9.17, 15) is 0 Å². The van der Waals surface area contributed by atoms with Crippen LogP contribution < -0.4 is 10.4 Å². The zero-order chi connectivity index (χ0) is 18.9. The van der Waals surface area contributed by atoms with Crippen molar-refractivity contribution >= 4 is 48.3 Å². The second-order valence-corrected chi connectivity index (χ2v) is 25.1. The van der Waals surface area contributed by atoms with E-state index in [0.717, 1.165) is 0 Å². The van der Waals surface area contributed by atoms with Gasteiger partial charge >= 0.3 is 0 Å². The molecule has 2 aliphatic heterocycles. The van der Waals surface area contributed by atoms with Crippen molar-refractivity contribution in [2.75, 3.05) is 23.0 Å². The van der Waals surface area contributed by atoms with Crippen LogP contribution in [0.5, 0.6) is 0 Å². The van der Waals surface area contributed by atoms with Gasteiger partial charge in [-0.15, -0.1) is 0 Å². The summed E-state index contributed by atoms with van der Waals surface area (Å²) in [7, 11) is -1.25. The largest absolute Gasteiger partial charge is 0.133 e. The van der Waals surface area contributed by atoms with Gasteiger partial charge in [0.1, 0.15) is 34.5 Å². The molecular weight excluding hydrogens is 385 g/mol. The second kappa shape index (κ2) is 8.38. The summed E-state index contributed by atoms with van der Waals surface area (Å²) in [6, 6.07) is 5.50. The summed E-state index contributed by atoms with van der Waals surface area (Å²) in [6.45, 7) is 15.4. The highest BCUT2D eigenvalue weighted by atomic mass is 32.2. The Hall–Kier alpha value is 0.354. The molecule has 26 heavy (non-hydrogen) atoms. The van der Waals surface area contributed by atoms with E-state index in [1.807, 2.05) is 0 Å². The average molecular weight is 425 g/mol. The fourth-order valence-corrected chi connectivity index (χ4v) is 13.0. The summed E-state index contributed by atoms with van der Waals surface area (Å²) >= 11 is 0. The maximum atomic E-state index is 2.75. The van der Waals surface area contributed by atoms with Crippen molar-refractivity contribution in [1.29, 1.82) is 0 Å². The SMILES string of the molecule is C[Si](C)(C)c1cc(C[S+]2CCCC2)c([Si](C)(C)C)cc1C[S+]1CCCC1. The minimum atomic E-state index is -1.30. The Labute approximate surface area is 170 Å². The third-order valence-electron chi connectivity index (χ3n) is 5.90. The molecule has 0 aromatic heterocycles. The summed E-state index contributed by atoms with van der Waals surface area (Å²) in [4.78, 5) is 0. The minimum absolute atomic E-state index is 0.670. The molecule has 0 saturated carbocycles. The van der Waals surface area contributed by atoms with E-state index in [-0.39, 0.29) is 0 Å². The van der Waals surface area contributed by atoms with Crippen molar-refractivity contribution < 1.29 is 0 Å².